The van der Waals surface area contributed by atoms with Crippen molar-refractivity contribution in [2.24, 2.45) is 5.73 Å². The molecule has 1 aliphatic rings. The number of rotatable bonds is 3. The molecule has 0 amide bonds. The molecular weight excluding hydrogens is 218 g/mol. The van der Waals surface area contributed by atoms with Crippen molar-refractivity contribution >= 4 is 11.8 Å². The van der Waals surface area contributed by atoms with Gasteiger partial charge < -0.3 is 15.4 Å². The largest absolute Gasteiger partial charge is 0.462 e. The fourth-order valence-electron chi connectivity index (χ4n) is 1.90. The normalized spacial score (nSPS) is 19.4. The van der Waals surface area contributed by atoms with Crippen molar-refractivity contribution < 1.29 is 9.53 Å². The van der Waals surface area contributed by atoms with Gasteiger partial charge in [0.05, 0.1) is 12.2 Å². The number of anilines is 1. The predicted molar refractivity (Wildman–Crippen MR) is 65.0 cm³/mol. The van der Waals surface area contributed by atoms with E-state index in [1.165, 1.54) is 0 Å². The highest BCUT2D eigenvalue weighted by molar-refractivity contribution is 5.89. The van der Waals surface area contributed by atoms with Crippen molar-refractivity contribution in [1.29, 1.82) is 0 Å². The van der Waals surface area contributed by atoms with Gasteiger partial charge in [-0.05, 0) is 25.5 Å². The average Bonchev–Trinajstić information content (AvgIpc) is 2.76. The summed E-state index contributed by atoms with van der Waals surface area (Å²) in [7, 11) is 0. The molecule has 1 atom stereocenters. The number of pyridine rings is 1. The van der Waals surface area contributed by atoms with E-state index in [1.807, 2.05) is 6.07 Å². The summed E-state index contributed by atoms with van der Waals surface area (Å²) in [6.45, 7) is 3.91. The average molecular weight is 235 g/mol. The first-order chi connectivity index (χ1) is 8.20. The Morgan fingerprint density at radius 2 is 2.47 bits per heavy atom. The second kappa shape index (κ2) is 5.14. The zero-order valence-electron chi connectivity index (χ0n) is 9.93. The van der Waals surface area contributed by atoms with Gasteiger partial charge in [0, 0.05) is 25.3 Å². The van der Waals surface area contributed by atoms with Crippen molar-refractivity contribution in [2.75, 3.05) is 24.6 Å². The number of aromatic nitrogens is 1. The summed E-state index contributed by atoms with van der Waals surface area (Å²) in [5, 5.41) is 0. The van der Waals surface area contributed by atoms with Crippen LogP contribution in [0.5, 0.6) is 0 Å². The summed E-state index contributed by atoms with van der Waals surface area (Å²) in [5.41, 5.74) is 6.32. The minimum atomic E-state index is -0.329. The second-order valence-corrected chi connectivity index (χ2v) is 4.12. The van der Waals surface area contributed by atoms with Crippen LogP contribution in [-0.4, -0.2) is 36.7 Å². The standard InChI is InChI=1S/C12H17N3O2/c1-2-17-12(16)9-3-4-11(14-7-9)15-6-5-10(13)8-15/h3-4,7,10H,2,5-6,8,13H2,1H3. The van der Waals surface area contributed by atoms with Gasteiger partial charge in [0.2, 0.25) is 0 Å². The molecule has 2 heterocycles. The molecule has 0 aliphatic carbocycles. The van der Waals surface area contributed by atoms with Crippen molar-refractivity contribution in [3.05, 3.63) is 23.9 Å². The maximum absolute atomic E-state index is 11.4. The fourth-order valence-corrected chi connectivity index (χ4v) is 1.90. The molecule has 0 saturated carbocycles. The van der Waals surface area contributed by atoms with Crippen molar-refractivity contribution in [2.45, 2.75) is 19.4 Å². The van der Waals surface area contributed by atoms with Crippen LogP contribution in [0.1, 0.15) is 23.7 Å². The molecule has 92 valence electrons. The topological polar surface area (TPSA) is 68.5 Å². The molecule has 1 aliphatic heterocycles. The van der Waals surface area contributed by atoms with E-state index in [4.69, 9.17) is 10.5 Å². The first-order valence-corrected chi connectivity index (χ1v) is 5.84. The van der Waals surface area contributed by atoms with E-state index in [9.17, 15) is 4.79 Å². The van der Waals surface area contributed by atoms with E-state index in [0.29, 0.717) is 12.2 Å². The molecule has 0 bridgehead atoms. The Balaban J connectivity index is 2.05. The third kappa shape index (κ3) is 2.74. The molecular formula is C12H17N3O2. The van der Waals surface area contributed by atoms with Gasteiger partial charge >= 0.3 is 5.97 Å². The molecule has 5 nitrogen and oxygen atoms in total. The van der Waals surface area contributed by atoms with E-state index >= 15 is 0 Å². The van der Waals surface area contributed by atoms with Crippen LogP contribution < -0.4 is 10.6 Å². The highest BCUT2D eigenvalue weighted by atomic mass is 16.5. The number of esters is 1. The summed E-state index contributed by atoms with van der Waals surface area (Å²) < 4.78 is 4.90. The smallest absolute Gasteiger partial charge is 0.339 e. The summed E-state index contributed by atoms with van der Waals surface area (Å²) in [4.78, 5) is 17.8. The highest BCUT2D eigenvalue weighted by Crippen LogP contribution is 2.17. The highest BCUT2D eigenvalue weighted by Gasteiger charge is 2.20. The lowest BCUT2D eigenvalue weighted by atomic mass is 10.3. The zero-order chi connectivity index (χ0) is 12.3. The van der Waals surface area contributed by atoms with Gasteiger partial charge in [-0.3, -0.25) is 0 Å². The molecule has 17 heavy (non-hydrogen) atoms. The lowest BCUT2D eigenvalue weighted by Gasteiger charge is -2.16. The number of nitrogens with zero attached hydrogens (tertiary/aromatic N) is 2. The summed E-state index contributed by atoms with van der Waals surface area (Å²) in [6.07, 6.45) is 2.54. The Kier molecular flexibility index (Phi) is 3.58. The number of nitrogens with two attached hydrogens (primary N) is 1. The van der Waals surface area contributed by atoms with Crippen LogP contribution in [-0.2, 0) is 4.74 Å². The molecule has 0 aromatic carbocycles. The van der Waals surface area contributed by atoms with E-state index in [0.717, 1.165) is 25.3 Å². The van der Waals surface area contributed by atoms with Crippen molar-refractivity contribution in [3.63, 3.8) is 0 Å². The molecule has 1 fully saturated rings. The number of hydrogen-bond donors (Lipinski definition) is 1. The first-order valence-electron chi connectivity index (χ1n) is 5.84. The van der Waals surface area contributed by atoms with Gasteiger partial charge in [-0.1, -0.05) is 0 Å². The quantitative estimate of drug-likeness (QED) is 0.785. The van der Waals surface area contributed by atoms with Crippen LogP contribution in [0.2, 0.25) is 0 Å². The zero-order valence-corrected chi connectivity index (χ0v) is 9.93. The number of ether oxygens (including phenoxy) is 1. The van der Waals surface area contributed by atoms with E-state index in [-0.39, 0.29) is 12.0 Å². The Labute approximate surface area is 101 Å². The summed E-state index contributed by atoms with van der Waals surface area (Å²) >= 11 is 0. The molecule has 1 aromatic rings. The van der Waals surface area contributed by atoms with Gasteiger partial charge in [0.1, 0.15) is 5.82 Å². The van der Waals surface area contributed by atoms with Crippen LogP contribution in [0, 0.1) is 0 Å². The van der Waals surface area contributed by atoms with Gasteiger partial charge in [-0.2, -0.15) is 0 Å². The fraction of sp³-hybridized carbons (Fsp3) is 0.500. The Bertz CT molecular complexity index is 391. The first kappa shape index (κ1) is 11.9. The summed E-state index contributed by atoms with van der Waals surface area (Å²) in [5.74, 6) is 0.538. The lowest BCUT2D eigenvalue weighted by molar-refractivity contribution is 0.0526. The molecule has 5 heteroatoms. The van der Waals surface area contributed by atoms with Crippen molar-refractivity contribution in [3.8, 4) is 0 Å². The monoisotopic (exact) mass is 235 g/mol. The van der Waals surface area contributed by atoms with Crippen LogP contribution in [0.25, 0.3) is 0 Å². The number of carbonyl (C=O) groups excluding carboxylic acids is 1. The van der Waals surface area contributed by atoms with Crippen LogP contribution in [0.15, 0.2) is 18.3 Å². The maximum atomic E-state index is 11.4. The predicted octanol–water partition coefficient (Wildman–Crippen LogP) is 0.796. The summed E-state index contributed by atoms with van der Waals surface area (Å²) in [6, 6.07) is 3.80. The Morgan fingerprint density at radius 3 is 3.00 bits per heavy atom. The third-order valence-corrected chi connectivity index (χ3v) is 2.81. The molecule has 2 N–H and O–H groups in total. The molecule has 1 unspecified atom stereocenters. The number of hydrogen-bond acceptors (Lipinski definition) is 5. The molecule has 0 spiro atoms. The van der Waals surface area contributed by atoms with Crippen molar-refractivity contribution in [1.82, 2.24) is 4.98 Å². The van der Waals surface area contributed by atoms with Gasteiger partial charge in [-0.15, -0.1) is 0 Å². The number of carbonyl (C=O) groups is 1. The van der Waals surface area contributed by atoms with Crippen LogP contribution in [0.4, 0.5) is 5.82 Å². The van der Waals surface area contributed by atoms with E-state index in [1.54, 1.807) is 19.2 Å². The van der Waals surface area contributed by atoms with Crippen LogP contribution >= 0.6 is 0 Å². The minimum Gasteiger partial charge on any atom is -0.462 e. The van der Waals surface area contributed by atoms with E-state index < -0.39 is 0 Å². The third-order valence-electron chi connectivity index (χ3n) is 2.81. The SMILES string of the molecule is CCOC(=O)c1ccc(N2CCC(N)C2)nc1. The molecule has 1 aromatic heterocycles. The van der Waals surface area contributed by atoms with Crippen LogP contribution in [0.3, 0.4) is 0 Å². The van der Waals surface area contributed by atoms with Gasteiger partial charge in [0.25, 0.3) is 0 Å². The lowest BCUT2D eigenvalue weighted by Crippen LogP contribution is -2.26. The van der Waals surface area contributed by atoms with E-state index in [2.05, 4.69) is 9.88 Å². The maximum Gasteiger partial charge on any atom is 0.339 e. The molecule has 2 rings (SSSR count). The Morgan fingerprint density at radius 1 is 1.65 bits per heavy atom. The second-order valence-electron chi connectivity index (χ2n) is 4.12. The Hall–Kier alpha value is -1.62. The molecule has 1 saturated heterocycles. The minimum absolute atomic E-state index is 0.224. The van der Waals surface area contributed by atoms with Gasteiger partial charge in [-0.25, -0.2) is 9.78 Å². The molecule has 0 radical (unpaired) electrons. The van der Waals surface area contributed by atoms with Gasteiger partial charge in [0.15, 0.2) is 0 Å².